The molecular formula is C18H18ClN5O6. The number of nitrogens with one attached hydrogen (secondary N) is 1. The molecule has 0 saturated carbocycles. The van der Waals surface area contributed by atoms with Gasteiger partial charge in [-0.25, -0.2) is 9.78 Å². The zero-order valence-electron chi connectivity index (χ0n) is 16.3. The Labute approximate surface area is 174 Å². The number of aromatic nitrogens is 4. The second-order valence-corrected chi connectivity index (χ2v) is 6.72. The molecule has 0 bridgehead atoms. The Bertz CT molecular complexity index is 1260. The number of carbonyl (C=O) groups is 2. The average Bonchev–Trinajstić information content (AvgIpc) is 3.13. The Hall–Kier alpha value is -3.60. The summed E-state index contributed by atoms with van der Waals surface area (Å²) in [6.45, 7) is -0.892. The number of esters is 1. The third-order valence-corrected chi connectivity index (χ3v) is 4.61. The molecule has 12 heteroatoms. The van der Waals surface area contributed by atoms with Gasteiger partial charge in [-0.1, -0.05) is 11.6 Å². The summed E-state index contributed by atoms with van der Waals surface area (Å²) in [5.41, 5.74) is -0.492. The van der Waals surface area contributed by atoms with Crippen molar-refractivity contribution in [3.05, 3.63) is 50.4 Å². The smallest absolute Gasteiger partial charge is 0.332 e. The summed E-state index contributed by atoms with van der Waals surface area (Å²) in [6, 6.07) is 4.67. The van der Waals surface area contributed by atoms with Gasteiger partial charge in [-0.05, 0) is 18.2 Å². The van der Waals surface area contributed by atoms with Gasteiger partial charge in [0.2, 0.25) is 0 Å². The lowest BCUT2D eigenvalue weighted by Crippen LogP contribution is -2.37. The second kappa shape index (κ2) is 8.41. The summed E-state index contributed by atoms with van der Waals surface area (Å²) < 4.78 is 13.4. The van der Waals surface area contributed by atoms with Crippen LogP contribution in [-0.4, -0.2) is 44.3 Å². The van der Waals surface area contributed by atoms with Crippen LogP contribution in [0.5, 0.6) is 5.75 Å². The number of methoxy groups -OCH3 is 1. The molecule has 0 saturated heterocycles. The van der Waals surface area contributed by atoms with E-state index in [4.69, 9.17) is 21.1 Å². The summed E-state index contributed by atoms with van der Waals surface area (Å²) in [5, 5.41) is 2.86. The minimum absolute atomic E-state index is 0.0777. The number of hydrogen-bond donors (Lipinski definition) is 1. The van der Waals surface area contributed by atoms with E-state index in [0.29, 0.717) is 16.5 Å². The zero-order chi connectivity index (χ0) is 22.0. The van der Waals surface area contributed by atoms with E-state index in [9.17, 15) is 19.2 Å². The van der Waals surface area contributed by atoms with Crippen molar-refractivity contribution in [2.24, 2.45) is 14.1 Å². The standard InChI is InChI=1S/C18H18ClN5O6/c1-22-16-15(17(27)23(2)18(22)28)24(9-20-16)7-14(26)30-8-13(25)21-10-4-5-12(29-3)11(19)6-10/h4-6,9H,7-8H2,1-3H3,(H,21,25). The minimum Gasteiger partial charge on any atom is -0.495 e. The lowest BCUT2D eigenvalue weighted by atomic mass is 10.3. The maximum atomic E-state index is 12.4. The Morgan fingerprint density at radius 1 is 1.20 bits per heavy atom. The van der Waals surface area contributed by atoms with Crippen molar-refractivity contribution >= 4 is 40.3 Å². The summed E-state index contributed by atoms with van der Waals surface area (Å²) in [4.78, 5) is 52.5. The molecule has 1 N–H and O–H groups in total. The average molecular weight is 436 g/mol. The molecule has 3 aromatic rings. The number of imidazole rings is 1. The molecule has 0 atom stereocenters. The highest BCUT2D eigenvalue weighted by Crippen LogP contribution is 2.27. The van der Waals surface area contributed by atoms with Gasteiger partial charge in [0.15, 0.2) is 17.8 Å². The molecule has 1 amide bonds. The van der Waals surface area contributed by atoms with E-state index in [1.54, 1.807) is 12.1 Å². The molecule has 1 aromatic carbocycles. The molecule has 2 heterocycles. The molecule has 0 fully saturated rings. The van der Waals surface area contributed by atoms with Crippen molar-refractivity contribution < 1.29 is 19.1 Å². The first-order valence-corrected chi connectivity index (χ1v) is 9.00. The molecule has 0 spiro atoms. The summed E-state index contributed by atoms with van der Waals surface area (Å²) in [7, 11) is 4.27. The van der Waals surface area contributed by atoms with Gasteiger partial charge >= 0.3 is 11.7 Å². The van der Waals surface area contributed by atoms with Crippen molar-refractivity contribution in [1.82, 2.24) is 18.7 Å². The van der Waals surface area contributed by atoms with Crippen LogP contribution in [0, 0.1) is 0 Å². The number of rotatable bonds is 6. The van der Waals surface area contributed by atoms with Gasteiger partial charge in [0.25, 0.3) is 11.5 Å². The molecule has 0 aliphatic carbocycles. The first-order chi connectivity index (χ1) is 14.2. The summed E-state index contributed by atoms with van der Waals surface area (Å²) in [5.74, 6) is -0.871. The van der Waals surface area contributed by atoms with Gasteiger partial charge in [0, 0.05) is 19.8 Å². The predicted octanol–water partition coefficient (Wildman–Crippen LogP) is 0.278. The van der Waals surface area contributed by atoms with Gasteiger partial charge in [-0.3, -0.25) is 23.5 Å². The van der Waals surface area contributed by atoms with E-state index >= 15 is 0 Å². The molecule has 0 aliphatic rings. The lowest BCUT2D eigenvalue weighted by Gasteiger charge is -2.09. The molecule has 30 heavy (non-hydrogen) atoms. The predicted molar refractivity (Wildman–Crippen MR) is 108 cm³/mol. The van der Waals surface area contributed by atoms with Crippen molar-refractivity contribution in [1.29, 1.82) is 0 Å². The third kappa shape index (κ3) is 4.06. The fourth-order valence-electron chi connectivity index (χ4n) is 2.79. The van der Waals surface area contributed by atoms with Crippen LogP contribution >= 0.6 is 11.6 Å². The van der Waals surface area contributed by atoms with E-state index in [0.717, 1.165) is 4.57 Å². The fourth-order valence-corrected chi connectivity index (χ4v) is 3.05. The van der Waals surface area contributed by atoms with E-state index in [1.807, 2.05) is 0 Å². The Kier molecular flexibility index (Phi) is 5.92. The van der Waals surface area contributed by atoms with Crippen molar-refractivity contribution in [2.45, 2.75) is 6.54 Å². The van der Waals surface area contributed by atoms with Crippen LogP contribution in [0.15, 0.2) is 34.1 Å². The van der Waals surface area contributed by atoms with Crippen molar-refractivity contribution in [3.63, 3.8) is 0 Å². The number of carbonyl (C=O) groups excluding carboxylic acids is 2. The van der Waals surface area contributed by atoms with E-state index < -0.39 is 29.7 Å². The van der Waals surface area contributed by atoms with Crippen LogP contribution in [0.4, 0.5) is 5.69 Å². The Morgan fingerprint density at radius 3 is 2.60 bits per heavy atom. The third-order valence-electron chi connectivity index (χ3n) is 4.32. The van der Waals surface area contributed by atoms with E-state index in [1.165, 1.54) is 42.7 Å². The minimum atomic E-state index is -0.756. The lowest BCUT2D eigenvalue weighted by molar-refractivity contribution is -0.147. The first kappa shape index (κ1) is 21.1. The maximum Gasteiger partial charge on any atom is 0.332 e. The van der Waals surface area contributed by atoms with Crippen LogP contribution in [0.2, 0.25) is 5.02 Å². The van der Waals surface area contributed by atoms with Crippen LogP contribution in [0.25, 0.3) is 11.2 Å². The number of halogens is 1. The van der Waals surface area contributed by atoms with Crippen LogP contribution in [0.3, 0.4) is 0 Å². The van der Waals surface area contributed by atoms with Crippen LogP contribution in [0.1, 0.15) is 0 Å². The second-order valence-electron chi connectivity index (χ2n) is 6.31. The van der Waals surface area contributed by atoms with Gasteiger partial charge in [0.05, 0.1) is 18.5 Å². The number of fused-ring (bicyclic) bond motifs is 1. The van der Waals surface area contributed by atoms with Crippen molar-refractivity contribution in [3.8, 4) is 5.75 Å². The molecule has 3 rings (SSSR count). The number of nitrogens with zero attached hydrogens (tertiary/aromatic N) is 4. The van der Waals surface area contributed by atoms with Crippen molar-refractivity contribution in [2.75, 3.05) is 19.0 Å². The number of ether oxygens (including phenoxy) is 2. The number of anilines is 1. The first-order valence-electron chi connectivity index (χ1n) is 8.62. The number of amides is 1. The molecule has 0 aliphatic heterocycles. The highest BCUT2D eigenvalue weighted by Gasteiger charge is 2.17. The maximum absolute atomic E-state index is 12.4. The molecule has 0 unspecified atom stereocenters. The number of hydrogen-bond acceptors (Lipinski definition) is 7. The van der Waals surface area contributed by atoms with Crippen LogP contribution in [-0.2, 0) is 35.0 Å². The SMILES string of the molecule is COc1ccc(NC(=O)COC(=O)Cn2cnc3c2c(=O)n(C)c(=O)n3C)cc1Cl. The molecule has 2 aromatic heterocycles. The highest BCUT2D eigenvalue weighted by molar-refractivity contribution is 6.32. The van der Waals surface area contributed by atoms with Gasteiger partial charge in [-0.15, -0.1) is 0 Å². The monoisotopic (exact) mass is 435 g/mol. The molecule has 11 nitrogen and oxygen atoms in total. The molecule has 0 radical (unpaired) electrons. The van der Waals surface area contributed by atoms with Gasteiger partial charge in [-0.2, -0.15) is 0 Å². The number of benzene rings is 1. The zero-order valence-corrected chi connectivity index (χ0v) is 17.1. The molecule has 158 valence electrons. The fraction of sp³-hybridized carbons (Fsp3) is 0.278. The number of aryl methyl sites for hydroxylation is 1. The van der Waals surface area contributed by atoms with Crippen LogP contribution < -0.4 is 21.3 Å². The quantitative estimate of drug-likeness (QED) is 0.551. The largest absolute Gasteiger partial charge is 0.495 e. The highest BCUT2D eigenvalue weighted by atomic mass is 35.5. The Morgan fingerprint density at radius 2 is 1.93 bits per heavy atom. The normalized spacial score (nSPS) is 10.8. The summed E-state index contributed by atoms with van der Waals surface area (Å²) in [6.07, 6.45) is 1.26. The topological polar surface area (TPSA) is 126 Å². The van der Waals surface area contributed by atoms with Gasteiger partial charge < -0.3 is 19.4 Å². The van der Waals surface area contributed by atoms with E-state index in [2.05, 4.69) is 10.3 Å². The molecular weight excluding hydrogens is 418 g/mol. The Balaban J connectivity index is 1.65. The van der Waals surface area contributed by atoms with Gasteiger partial charge in [0.1, 0.15) is 12.3 Å². The summed E-state index contributed by atoms with van der Waals surface area (Å²) >= 11 is 5.99. The van der Waals surface area contributed by atoms with E-state index in [-0.39, 0.29) is 17.7 Å².